The van der Waals surface area contributed by atoms with Crippen molar-refractivity contribution in [2.45, 2.75) is 24.6 Å². The fourth-order valence-corrected chi connectivity index (χ4v) is 1.87. The zero-order valence-corrected chi connectivity index (χ0v) is 9.79. The Balaban J connectivity index is 2.39. The van der Waals surface area contributed by atoms with Gasteiger partial charge in [0.25, 0.3) is 0 Å². The molecule has 1 aromatic heterocycles. The van der Waals surface area contributed by atoms with Gasteiger partial charge in [-0.25, -0.2) is 9.18 Å². The Morgan fingerprint density at radius 3 is 2.89 bits per heavy atom. The molecule has 1 aliphatic heterocycles. The van der Waals surface area contributed by atoms with Gasteiger partial charge < -0.3 is 20.7 Å². The summed E-state index contributed by atoms with van der Waals surface area (Å²) in [6.07, 6.45) is -4.82. The van der Waals surface area contributed by atoms with Gasteiger partial charge in [-0.15, -0.1) is 0 Å². The second kappa shape index (κ2) is 4.81. The van der Waals surface area contributed by atoms with Gasteiger partial charge in [-0.3, -0.25) is 4.57 Å². The first-order valence-electron chi connectivity index (χ1n) is 5.08. The fraction of sp³-hybridized carbons (Fsp3) is 0.556. The minimum Gasteiger partial charge on any atom is -0.394 e. The normalized spacial score (nSPS) is 31.8. The number of aromatic nitrogens is 2. The van der Waals surface area contributed by atoms with Crippen LogP contribution in [0.3, 0.4) is 0 Å². The van der Waals surface area contributed by atoms with Crippen LogP contribution >= 0.6 is 11.6 Å². The number of aliphatic hydroxyl groups excluding tert-OH is 2. The Hall–Kier alpha value is -1.22. The third-order valence-corrected chi connectivity index (χ3v) is 2.97. The summed E-state index contributed by atoms with van der Waals surface area (Å²) in [6.45, 7) is -0.566. The second-order valence-corrected chi connectivity index (χ2v) is 4.25. The van der Waals surface area contributed by atoms with Crippen LogP contribution in [0.2, 0.25) is 5.02 Å². The van der Waals surface area contributed by atoms with Crippen molar-refractivity contribution in [1.29, 1.82) is 0 Å². The third-order valence-electron chi connectivity index (χ3n) is 2.68. The molecule has 2 heterocycles. The summed E-state index contributed by atoms with van der Waals surface area (Å²) >= 11 is 5.68. The highest BCUT2D eigenvalue weighted by Gasteiger charge is 2.45. The van der Waals surface area contributed by atoms with E-state index >= 15 is 0 Å². The first-order valence-corrected chi connectivity index (χ1v) is 5.46. The van der Waals surface area contributed by atoms with Gasteiger partial charge in [-0.1, -0.05) is 11.6 Å². The smallest absolute Gasteiger partial charge is 0.351 e. The number of hydrogen-bond donors (Lipinski definition) is 3. The molecule has 0 amide bonds. The van der Waals surface area contributed by atoms with E-state index in [1.165, 1.54) is 0 Å². The quantitative estimate of drug-likeness (QED) is 0.644. The van der Waals surface area contributed by atoms with Crippen LogP contribution in [0.1, 0.15) is 6.23 Å². The molecule has 1 unspecified atom stereocenters. The number of anilines is 1. The van der Waals surface area contributed by atoms with Crippen molar-refractivity contribution in [3.63, 3.8) is 0 Å². The number of halogens is 2. The lowest BCUT2D eigenvalue weighted by molar-refractivity contribution is -0.0490. The van der Waals surface area contributed by atoms with Gasteiger partial charge in [0.15, 0.2) is 12.4 Å². The molecular formula is C9H11ClFN3O4. The van der Waals surface area contributed by atoms with E-state index in [1.807, 2.05) is 0 Å². The summed E-state index contributed by atoms with van der Waals surface area (Å²) in [5.74, 6) is -0.175. The Kier molecular flexibility index (Phi) is 3.53. The van der Waals surface area contributed by atoms with E-state index in [4.69, 9.17) is 27.2 Å². The maximum absolute atomic E-state index is 13.8. The van der Waals surface area contributed by atoms with Crippen LogP contribution in [0.15, 0.2) is 11.0 Å². The summed E-state index contributed by atoms with van der Waals surface area (Å²) in [6, 6.07) is 0. The Morgan fingerprint density at radius 1 is 1.67 bits per heavy atom. The number of nitrogens with zero attached hydrogens (tertiary/aromatic N) is 2. The molecule has 0 saturated carbocycles. The first kappa shape index (κ1) is 13.2. The zero-order chi connectivity index (χ0) is 13.4. The monoisotopic (exact) mass is 278 g/mol. The van der Waals surface area contributed by atoms with E-state index in [1.54, 1.807) is 0 Å². The van der Waals surface area contributed by atoms with Crippen molar-refractivity contribution >= 4 is 17.4 Å². The predicted octanol–water partition coefficient (Wildman–Crippen LogP) is -0.932. The van der Waals surface area contributed by atoms with E-state index < -0.39 is 36.9 Å². The molecule has 0 radical (unpaired) electrons. The second-order valence-electron chi connectivity index (χ2n) is 3.85. The zero-order valence-electron chi connectivity index (χ0n) is 9.03. The summed E-state index contributed by atoms with van der Waals surface area (Å²) < 4.78 is 19.6. The molecule has 1 fully saturated rings. The molecule has 100 valence electrons. The highest BCUT2D eigenvalue weighted by Crippen LogP contribution is 2.31. The number of ether oxygens (including phenoxy) is 1. The van der Waals surface area contributed by atoms with Crippen molar-refractivity contribution < 1.29 is 19.3 Å². The number of nitrogens with two attached hydrogens (primary N) is 1. The number of alkyl halides is 1. The molecule has 1 aliphatic rings. The van der Waals surface area contributed by atoms with Gasteiger partial charge in [0.05, 0.1) is 11.6 Å². The summed E-state index contributed by atoms with van der Waals surface area (Å²) in [4.78, 5) is 14.9. The predicted molar refractivity (Wildman–Crippen MR) is 59.8 cm³/mol. The van der Waals surface area contributed by atoms with Crippen molar-refractivity contribution in [3.8, 4) is 0 Å². The topological polar surface area (TPSA) is 111 Å². The van der Waals surface area contributed by atoms with Crippen molar-refractivity contribution in [2.75, 3.05) is 12.3 Å². The maximum Gasteiger partial charge on any atom is 0.351 e. The van der Waals surface area contributed by atoms with Crippen LogP contribution < -0.4 is 11.4 Å². The SMILES string of the molecule is Nc1nc(=O)n([C@H]2O[C@@H](CO)C(O)[C@H]2[18F])cc1Cl. The Labute approximate surface area is 106 Å². The number of nitrogen functional groups attached to an aromatic ring is 1. The van der Waals surface area contributed by atoms with E-state index in [0.29, 0.717) is 0 Å². The number of hydrogen-bond acceptors (Lipinski definition) is 6. The molecule has 4 N–H and O–H groups in total. The summed E-state index contributed by atoms with van der Waals surface area (Å²) in [7, 11) is 0. The standard InChI is InChI=1S/C9H11ClFN3O4/c10-3-1-14(9(17)13-7(3)12)8-5(11)6(16)4(2-15)18-8/h1,4-6,8,15-16H,2H2,(H2,12,13,17)/t4-,5+,6?,8-/m0/s1/i11-1. The highest BCUT2D eigenvalue weighted by molar-refractivity contribution is 6.32. The fourth-order valence-electron chi connectivity index (χ4n) is 1.72. The molecular weight excluding hydrogens is 268 g/mol. The summed E-state index contributed by atoms with van der Waals surface area (Å²) in [5, 5.41) is 18.3. The van der Waals surface area contributed by atoms with Gasteiger partial charge in [0, 0.05) is 6.20 Å². The lowest BCUT2D eigenvalue weighted by atomic mass is 10.1. The van der Waals surface area contributed by atoms with Gasteiger partial charge in [0.1, 0.15) is 18.0 Å². The van der Waals surface area contributed by atoms with E-state index in [-0.39, 0.29) is 10.8 Å². The van der Waals surface area contributed by atoms with E-state index in [2.05, 4.69) is 4.98 Å². The van der Waals surface area contributed by atoms with E-state index in [0.717, 1.165) is 10.8 Å². The van der Waals surface area contributed by atoms with E-state index in [9.17, 15) is 14.3 Å². The number of rotatable bonds is 2. The average molecular weight is 279 g/mol. The van der Waals surface area contributed by atoms with Crippen LogP contribution in [0, 0.1) is 0 Å². The van der Waals surface area contributed by atoms with Gasteiger partial charge >= 0.3 is 5.69 Å². The van der Waals surface area contributed by atoms with Crippen LogP contribution in [0.4, 0.5) is 10.2 Å². The Morgan fingerprint density at radius 2 is 2.33 bits per heavy atom. The minimum absolute atomic E-state index is 0.0349. The average Bonchev–Trinajstić information content (AvgIpc) is 2.61. The van der Waals surface area contributed by atoms with Crippen molar-refractivity contribution in [1.82, 2.24) is 9.55 Å². The molecule has 7 nitrogen and oxygen atoms in total. The van der Waals surface area contributed by atoms with Gasteiger partial charge in [0.2, 0.25) is 0 Å². The molecule has 2 rings (SSSR count). The largest absolute Gasteiger partial charge is 0.394 e. The molecule has 4 atom stereocenters. The van der Waals surface area contributed by atoms with Crippen molar-refractivity contribution in [2.24, 2.45) is 0 Å². The van der Waals surface area contributed by atoms with Crippen LogP contribution in [-0.4, -0.2) is 44.8 Å². The van der Waals surface area contributed by atoms with Gasteiger partial charge in [-0.2, -0.15) is 4.98 Å². The molecule has 0 bridgehead atoms. The molecule has 9 heteroatoms. The lowest BCUT2D eigenvalue weighted by Crippen LogP contribution is -2.33. The van der Waals surface area contributed by atoms with Crippen LogP contribution in [0.5, 0.6) is 0 Å². The highest BCUT2D eigenvalue weighted by atomic mass is 35.5. The lowest BCUT2D eigenvalue weighted by Gasteiger charge is -2.16. The molecule has 0 aliphatic carbocycles. The van der Waals surface area contributed by atoms with Gasteiger partial charge in [-0.05, 0) is 0 Å². The molecule has 0 spiro atoms. The molecule has 1 aromatic rings. The van der Waals surface area contributed by atoms with Crippen LogP contribution in [0.25, 0.3) is 0 Å². The minimum atomic E-state index is -1.87. The maximum atomic E-state index is 13.8. The molecule has 18 heavy (non-hydrogen) atoms. The molecule has 0 aromatic carbocycles. The van der Waals surface area contributed by atoms with Crippen molar-refractivity contribution in [3.05, 3.63) is 21.7 Å². The first-order chi connectivity index (χ1) is 8.45. The van der Waals surface area contributed by atoms with Crippen LogP contribution in [-0.2, 0) is 4.74 Å². The summed E-state index contributed by atoms with van der Waals surface area (Å²) in [5.41, 5.74) is 4.47. The Bertz CT molecular complexity index is 511. The number of aliphatic hydroxyl groups is 2. The molecule has 1 saturated heterocycles. The third kappa shape index (κ3) is 2.07.